The third-order valence-electron chi connectivity index (χ3n) is 2.05. The lowest BCUT2D eigenvalue weighted by molar-refractivity contribution is 0.479. The predicted molar refractivity (Wildman–Crippen MR) is 70.8 cm³/mol. The van der Waals surface area contributed by atoms with Crippen LogP contribution in [0, 0.1) is 0 Å². The summed E-state index contributed by atoms with van der Waals surface area (Å²) in [6.45, 7) is 13.9. The molecule has 0 N–H and O–H groups in total. The van der Waals surface area contributed by atoms with Gasteiger partial charge in [-0.2, -0.15) is 0 Å². The van der Waals surface area contributed by atoms with E-state index in [-0.39, 0.29) is 4.87 Å². The zero-order chi connectivity index (χ0) is 12.5. The maximum atomic E-state index is 12.1. The summed E-state index contributed by atoms with van der Waals surface area (Å²) in [7, 11) is -7.09. The number of rotatable bonds is 5. The van der Waals surface area contributed by atoms with Crippen molar-refractivity contribution < 1.29 is 12.3 Å². The number of hydrogen-bond acceptors (Lipinski definition) is 3. The molecule has 0 fully saturated rings. The molecule has 0 rings (SSSR count). The molecule has 0 aliphatic carbocycles. The molecule has 0 amide bonds. The van der Waals surface area contributed by atoms with Gasteiger partial charge >= 0.3 is 0 Å². The fraction of sp³-hybridized carbons (Fsp3) is 1.00. The summed E-state index contributed by atoms with van der Waals surface area (Å²) in [4.78, 5) is -0.281. The molecular weight excluding hydrogens is 244 g/mol. The van der Waals surface area contributed by atoms with Gasteiger partial charge < -0.3 is 3.87 Å². The van der Waals surface area contributed by atoms with Crippen LogP contribution in [0.15, 0.2) is 0 Å². The fourth-order valence-electron chi connectivity index (χ4n) is 1.66. The van der Waals surface area contributed by atoms with E-state index in [2.05, 4.69) is 19.6 Å². The van der Waals surface area contributed by atoms with Gasteiger partial charge in [-0.3, -0.25) is 0 Å². The summed E-state index contributed by atoms with van der Waals surface area (Å²) >= 11 is 0. The van der Waals surface area contributed by atoms with Gasteiger partial charge in [0.05, 0.1) is 12.9 Å². The van der Waals surface area contributed by atoms with Crippen LogP contribution in [0.25, 0.3) is 0 Å². The van der Waals surface area contributed by atoms with Crippen LogP contribution in [-0.4, -0.2) is 29.7 Å². The first-order chi connectivity index (χ1) is 6.40. The van der Waals surface area contributed by atoms with Gasteiger partial charge in [-0.05, 0) is 26.1 Å². The molecule has 0 aliphatic heterocycles. The SMILES string of the molecule is CCC([Si](C)(C)C)S(=O)(=O)O[Si](C)(C)C. The van der Waals surface area contributed by atoms with E-state index in [0.29, 0.717) is 6.42 Å². The lowest BCUT2D eigenvalue weighted by atomic mass is 10.6. The quantitative estimate of drug-likeness (QED) is 0.720. The minimum absolute atomic E-state index is 0.281. The second kappa shape index (κ2) is 4.69. The summed E-state index contributed by atoms with van der Waals surface area (Å²) < 4.78 is 29.5. The first-order valence-electron chi connectivity index (χ1n) is 5.34. The van der Waals surface area contributed by atoms with Crippen LogP contribution in [0.3, 0.4) is 0 Å². The van der Waals surface area contributed by atoms with Crippen molar-refractivity contribution in [2.75, 3.05) is 0 Å². The van der Waals surface area contributed by atoms with Crippen LogP contribution in [0.2, 0.25) is 39.3 Å². The molecule has 0 aromatic rings. The first kappa shape index (κ1) is 15.3. The van der Waals surface area contributed by atoms with Crippen LogP contribution in [-0.2, 0) is 14.0 Å². The smallest absolute Gasteiger partial charge is 0.258 e. The van der Waals surface area contributed by atoms with Gasteiger partial charge in [0.25, 0.3) is 10.1 Å². The minimum Gasteiger partial charge on any atom is -0.316 e. The molecule has 0 aromatic carbocycles. The standard InChI is InChI=1S/C9H24O3SSi2/c1-8-9(14(2,3)4)13(10,11)12-15(5,6)7/h9H,8H2,1-7H3. The lowest BCUT2D eigenvalue weighted by Gasteiger charge is -2.29. The van der Waals surface area contributed by atoms with Crippen molar-refractivity contribution in [3.8, 4) is 0 Å². The zero-order valence-corrected chi connectivity index (χ0v) is 13.7. The van der Waals surface area contributed by atoms with E-state index < -0.39 is 26.5 Å². The lowest BCUT2D eigenvalue weighted by Crippen LogP contribution is -2.47. The third-order valence-corrected chi connectivity index (χ3v) is 11.3. The Morgan fingerprint density at radius 1 is 1.07 bits per heavy atom. The minimum atomic E-state index is -3.36. The van der Waals surface area contributed by atoms with E-state index in [1.807, 2.05) is 26.6 Å². The van der Waals surface area contributed by atoms with Crippen molar-refractivity contribution >= 4 is 26.5 Å². The second-order valence-electron chi connectivity index (χ2n) is 5.95. The average Bonchev–Trinajstić information content (AvgIpc) is 1.75. The van der Waals surface area contributed by atoms with E-state index in [1.165, 1.54) is 0 Å². The van der Waals surface area contributed by atoms with E-state index in [4.69, 9.17) is 3.87 Å². The van der Waals surface area contributed by atoms with Gasteiger partial charge in [0, 0.05) is 0 Å². The molecule has 0 radical (unpaired) electrons. The largest absolute Gasteiger partial charge is 0.316 e. The van der Waals surface area contributed by atoms with E-state index in [9.17, 15) is 8.42 Å². The maximum Gasteiger partial charge on any atom is 0.258 e. The Balaban J connectivity index is 5.02. The average molecular weight is 269 g/mol. The van der Waals surface area contributed by atoms with Gasteiger partial charge in [0.2, 0.25) is 8.32 Å². The zero-order valence-electron chi connectivity index (χ0n) is 10.9. The van der Waals surface area contributed by atoms with Gasteiger partial charge in [-0.1, -0.05) is 26.6 Å². The topological polar surface area (TPSA) is 43.4 Å². The summed E-state index contributed by atoms with van der Waals surface area (Å²) in [6, 6.07) is 0. The molecule has 0 heterocycles. The molecule has 0 aliphatic rings. The highest BCUT2D eigenvalue weighted by Gasteiger charge is 2.39. The van der Waals surface area contributed by atoms with Crippen LogP contribution in [0.4, 0.5) is 0 Å². The summed E-state index contributed by atoms with van der Waals surface area (Å²) in [6.07, 6.45) is 0.655. The van der Waals surface area contributed by atoms with Crippen LogP contribution >= 0.6 is 0 Å². The molecule has 6 heteroatoms. The summed E-state index contributed by atoms with van der Waals surface area (Å²) in [5.41, 5.74) is 0. The highest BCUT2D eigenvalue weighted by molar-refractivity contribution is 7.90. The fourth-order valence-corrected chi connectivity index (χ4v) is 10.4. The predicted octanol–water partition coefficient (Wildman–Crippen LogP) is 2.82. The monoisotopic (exact) mass is 268 g/mol. The molecule has 92 valence electrons. The van der Waals surface area contributed by atoms with Gasteiger partial charge in [0.1, 0.15) is 0 Å². The molecule has 0 aromatic heterocycles. The van der Waals surface area contributed by atoms with E-state index in [0.717, 1.165) is 0 Å². The van der Waals surface area contributed by atoms with Gasteiger partial charge in [-0.25, -0.2) is 8.42 Å². The molecule has 3 nitrogen and oxygen atoms in total. The number of hydrogen-bond donors (Lipinski definition) is 0. The van der Waals surface area contributed by atoms with Crippen LogP contribution in [0.5, 0.6) is 0 Å². The molecule has 15 heavy (non-hydrogen) atoms. The van der Waals surface area contributed by atoms with Crippen molar-refractivity contribution in [2.24, 2.45) is 0 Å². The maximum absolute atomic E-state index is 12.1. The molecule has 0 bridgehead atoms. The van der Waals surface area contributed by atoms with Crippen molar-refractivity contribution in [3.63, 3.8) is 0 Å². The Hall–Kier alpha value is 0.344. The van der Waals surface area contributed by atoms with Crippen molar-refractivity contribution in [1.82, 2.24) is 0 Å². The first-order valence-corrected chi connectivity index (χ1v) is 13.8. The summed E-state index contributed by atoms with van der Waals surface area (Å²) in [5.74, 6) is 0. The Labute approximate surface area is 96.5 Å². The molecule has 0 saturated heterocycles. The van der Waals surface area contributed by atoms with Crippen LogP contribution in [0.1, 0.15) is 13.3 Å². The van der Waals surface area contributed by atoms with E-state index in [1.54, 1.807) is 0 Å². The highest BCUT2D eigenvalue weighted by Crippen LogP contribution is 2.23. The van der Waals surface area contributed by atoms with Crippen LogP contribution < -0.4 is 0 Å². The summed E-state index contributed by atoms with van der Waals surface area (Å²) in [5, 5.41) is 0. The highest BCUT2D eigenvalue weighted by atomic mass is 32.2. The molecular formula is C9H24O3SSi2. The Morgan fingerprint density at radius 3 is 1.67 bits per heavy atom. The van der Waals surface area contributed by atoms with Gasteiger partial charge in [0.15, 0.2) is 0 Å². The van der Waals surface area contributed by atoms with Crippen molar-refractivity contribution in [1.29, 1.82) is 0 Å². The Kier molecular flexibility index (Phi) is 4.79. The molecule has 0 saturated carbocycles. The van der Waals surface area contributed by atoms with Crippen molar-refractivity contribution in [3.05, 3.63) is 0 Å². The molecule has 1 unspecified atom stereocenters. The Morgan fingerprint density at radius 2 is 1.47 bits per heavy atom. The van der Waals surface area contributed by atoms with Crippen molar-refractivity contribution in [2.45, 2.75) is 57.5 Å². The Bertz CT molecular complexity index is 298. The normalized spacial score (nSPS) is 16.5. The molecule has 1 atom stereocenters. The third kappa shape index (κ3) is 5.28. The van der Waals surface area contributed by atoms with Gasteiger partial charge in [-0.15, -0.1) is 0 Å². The molecule has 0 spiro atoms. The second-order valence-corrected chi connectivity index (χ2v) is 18.2. The van der Waals surface area contributed by atoms with E-state index >= 15 is 0 Å².